The fraction of sp³-hybridized carbons (Fsp3) is 0.333. The fourth-order valence-electron chi connectivity index (χ4n) is 2.87. The monoisotopic (exact) mass is 412 g/mol. The molecule has 3 aromatic rings. The number of aromatic nitrogens is 3. The lowest BCUT2D eigenvalue weighted by Crippen LogP contribution is -2.39. The second-order valence-electron chi connectivity index (χ2n) is 6.79. The molecule has 0 fully saturated rings. The van der Waals surface area contributed by atoms with Crippen molar-refractivity contribution < 1.29 is 9.53 Å². The summed E-state index contributed by atoms with van der Waals surface area (Å²) in [6, 6.07) is 10.7. The van der Waals surface area contributed by atoms with Crippen molar-refractivity contribution in [3.63, 3.8) is 0 Å². The second kappa shape index (κ2) is 9.00. The maximum Gasteiger partial charge on any atom is 0.266 e. The van der Waals surface area contributed by atoms with Crippen LogP contribution in [-0.4, -0.2) is 33.3 Å². The molecule has 29 heavy (non-hydrogen) atoms. The fourth-order valence-corrected chi connectivity index (χ4v) is 3.76. The van der Waals surface area contributed by atoms with Crippen LogP contribution in [0.15, 0.2) is 41.2 Å². The van der Waals surface area contributed by atoms with Gasteiger partial charge in [0, 0.05) is 12.6 Å². The Morgan fingerprint density at radius 1 is 1.24 bits per heavy atom. The Bertz CT molecular complexity index is 1070. The summed E-state index contributed by atoms with van der Waals surface area (Å²) in [4.78, 5) is 29.8. The largest absolute Gasteiger partial charge is 0.481 e. The molecule has 1 N–H and O–H groups in total. The van der Waals surface area contributed by atoms with Crippen LogP contribution in [0.5, 0.6) is 5.75 Å². The van der Waals surface area contributed by atoms with Crippen molar-refractivity contribution in [2.75, 3.05) is 6.54 Å². The molecule has 2 heterocycles. The summed E-state index contributed by atoms with van der Waals surface area (Å²) in [5, 5.41) is 8.17. The third-order valence-electron chi connectivity index (χ3n) is 4.30. The third-order valence-corrected chi connectivity index (χ3v) is 5.39. The molecule has 1 atom stereocenters. The zero-order chi connectivity index (χ0) is 21.0. The zero-order valence-electron chi connectivity index (χ0n) is 16.9. The van der Waals surface area contributed by atoms with Crippen LogP contribution in [0.25, 0.3) is 10.6 Å². The first-order valence-corrected chi connectivity index (χ1v) is 10.2. The van der Waals surface area contributed by atoms with Gasteiger partial charge >= 0.3 is 0 Å². The van der Waals surface area contributed by atoms with Gasteiger partial charge in [0.1, 0.15) is 11.4 Å². The van der Waals surface area contributed by atoms with E-state index in [1.807, 2.05) is 45.0 Å². The number of nitrogens with one attached hydrogen (secondary N) is 1. The van der Waals surface area contributed by atoms with Gasteiger partial charge in [0.2, 0.25) is 0 Å². The molecule has 0 spiro atoms. The number of benzene rings is 1. The van der Waals surface area contributed by atoms with Gasteiger partial charge in [-0.25, -0.2) is 9.67 Å². The molecule has 8 heteroatoms. The smallest absolute Gasteiger partial charge is 0.266 e. The van der Waals surface area contributed by atoms with E-state index in [0.717, 1.165) is 21.1 Å². The maximum absolute atomic E-state index is 12.3. The Kier molecular flexibility index (Phi) is 6.43. The first-order valence-electron chi connectivity index (χ1n) is 9.37. The molecule has 1 unspecified atom stereocenters. The summed E-state index contributed by atoms with van der Waals surface area (Å²) in [5.41, 5.74) is 2.44. The number of nitrogens with zero attached hydrogens (tertiary/aromatic N) is 3. The van der Waals surface area contributed by atoms with Gasteiger partial charge in [-0.1, -0.05) is 12.1 Å². The Hall–Kier alpha value is -3.00. The van der Waals surface area contributed by atoms with Crippen molar-refractivity contribution in [1.29, 1.82) is 0 Å². The van der Waals surface area contributed by atoms with Crippen molar-refractivity contribution >= 4 is 17.2 Å². The van der Waals surface area contributed by atoms with Crippen LogP contribution in [0.2, 0.25) is 0 Å². The number of hydrogen-bond acceptors (Lipinski definition) is 6. The molecule has 3 rings (SSSR count). The average molecular weight is 413 g/mol. The molecule has 0 radical (unpaired) electrons. The SMILES string of the molecule is Cc1cccc(OC(C)C(=O)NCCn2nc(-c3sc(C)nc3C)ccc2=O)c1. The van der Waals surface area contributed by atoms with Gasteiger partial charge in [0.15, 0.2) is 6.10 Å². The Morgan fingerprint density at radius 2 is 2.03 bits per heavy atom. The summed E-state index contributed by atoms with van der Waals surface area (Å²) >= 11 is 1.54. The van der Waals surface area contributed by atoms with Crippen molar-refractivity contribution in [1.82, 2.24) is 20.1 Å². The number of amides is 1. The molecule has 0 bridgehead atoms. The predicted molar refractivity (Wildman–Crippen MR) is 113 cm³/mol. The molecule has 1 amide bonds. The summed E-state index contributed by atoms with van der Waals surface area (Å²) in [5.74, 6) is 0.401. The molecule has 0 aliphatic heterocycles. The normalized spacial score (nSPS) is 11.9. The first-order chi connectivity index (χ1) is 13.8. The van der Waals surface area contributed by atoms with Crippen molar-refractivity contribution in [3.8, 4) is 16.3 Å². The van der Waals surface area contributed by atoms with Crippen LogP contribution in [-0.2, 0) is 11.3 Å². The lowest BCUT2D eigenvalue weighted by atomic mass is 10.2. The Balaban J connectivity index is 1.59. The molecule has 0 saturated carbocycles. The van der Waals surface area contributed by atoms with Gasteiger partial charge in [-0.3, -0.25) is 9.59 Å². The van der Waals surface area contributed by atoms with E-state index in [0.29, 0.717) is 11.4 Å². The highest BCUT2D eigenvalue weighted by Crippen LogP contribution is 2.27. The number of carbonyl (C=O) groups excluding carboxylic acids is 1. The van der Waals surface area contributed by atoms with E-state index in [-0.39, 0.29) is 24.6 Å². The quantitative estimate of drug-likeness (QED) is 0.645. The second-order valence-corrected chi connectivity index (χ2v) is 8.00. The van der Waals surface area contributed by atoms with Crippen LogP contribution in [0.3, 0.4) is 0 Å². The van der Waals surface area contributed by atoms with E-state index >= 15 is 0 Å². The Morgan fingerprint density at radius 3 is 2.72 bits per heavy atom. The van der Waals surface area contributed by atoms with Gasteiger partial charge in [0.05, 0.1) is 22.1 Å². The highest BCUT2D eigenvalue weighted by atomic mass is 32.1. The van der Waals surface area contributed by atoms with E-state index in [9.17, 15) is 9.59 Å². The summed E-state index contributed by atoms with van der Waals surface area (Å²) in [6.45, 7) is 8.06. The van der Waals surface area contributed by atoms with E-state index < -0.39 is 6.10 Å². The number of aryl methyl sites for hydroxylation is 3. The molecule has 1 aromatic carbocycles. The van der Waals surface area contributed by atoms with Crippen LogP contribution < -0.4 is 15.6 Å². The zero-order valence-corrected chi connectivity index (χ0v) is 17.7. The van der Waals surface area contributed by atoms with Gasteiger partial charge in [-0.15, -0.1) is 11.3 Å². The van der Waals surface area contributed by atoms with Crippen molar-refractivity contribution in [2.24, 2.45) is 0 Å². The molecular weight excluding hydrogens is 388 g/mol. The molecule has 7 nitrogen and oxygen atoms in total. The number of rotatable bonds is 7. The highest BCUT2D eigenvalue weighted by Gasteiger charge is 2.15. The summed E-state index contributed by atoms with van der Waals surface area (Å²) in [7, 11) is 0. The standard InChI is InChI=1S/C21H24N4O3S/c1-13-6-5-7-17(12-13)28-15(3)21(27)22-10-11-25-19(26)9-8-18(24-25)20-14(2)23-16(4)29-20/h5-9,12,15H,10-11H2,1-4H3,(H,22,27). The molecular formula is C21H24N4O3S. The first kappa shape index (κ1) is 20.7. The van der Waals surface area contributed by atoms with Gasteiger partial charge < -0.3 is 10.1 Å². The molecule has 0 aliphatic carbocycles. The number of hydrogen-bond donors (Lipinski definition) is 1. The Labute approximate surface area is 173 Å². The minimum atomic E-state index is -0.643. The van der Waals surface area contributed by atoms with Crippen LogP contribution in [0.4, 0.5) is 0 Å². The number of carbonyl (C=O) groups is 1. The summed E-state index contributed by atoms with van der Waals surface area (Å²) < 4.78 is 7.03. The molecule has 0 saturated heterocycles. The number of ether oxygens (including phenoxy) is 1. The molecule has 2 aromatic heterocycles. The van der Waals surface area contributed by atoms with Crippen molar-refractivity contribution in [2.45, 2.75) is 40.3 Å². The molecule has 152 valence electrons. The predicted octanol–water partition coefficient (Wildman–Crippen LogP) is 2.88. The van der Waals surface area contributed by atoms with Gasteiger partial charge in [-0.05, 0) is 51.5 Å². The lowest BCUT2D eigenvalue weighted by Gasteiger charge is -2.15. The van der Waals surface area contributed by atoms with Crippen LogP contribution in [0, 0.1) is 20.8 Å². The average Bonchev–Trinajstić information content (AvgIpc) is 3.01. The lowest BCUT2D eigenvalue weighted by molar-refractivity contribution is -0.127. The van der Waals surface area contributed by atoms with Crippen LogP contribution in [0.1, 0.15) is 23.2 Å². The van der Waals surface area contributed by atoms with E-state index in [1.165, 1.54) is 10.7 Å². The topological polar surface area (TPSA) is 86.1 Å². The van der Waals surface area contributed by atoms with Crippen LogP contribution >= 0.6 is 11.3 Å². The van der Waals surface area contributed by atoms with E-state index in [4.69, 9.17) is 4.74 Å². The van der Waals surface area contributed by atoms with E-state index in [1.54, 1.807) is 24.3 Å². The van der Waals surface area contributed by atoms with Gasteiger partial charge in [0.25, 0.3) is 11.5 Å². The maximum atomic E-state index is 12.3. The van der Waals surface area contributed by atoms with Crippen molar-refractivity contribution in [3.05, 3.63) is 63.0 Å². The highest BCUT2D eigenvalue weighted by molar-refractivity contribution is 7.15. The van der Waals surface area contributed by atoms with Gasteiger partial charge in [-0.2, -0.15) is 5.10 Å². The minimum absolute atomic E-state index is 0.217. The third kappa shape index (κ3) is 5.29. The number of thiazole rings is 1. The summed E-state index contributed by atoms with van der Waals surface area (Å²) in [6.07, 6.45) is -0.643. The molecule has 0 aliphatic rings. The van der Waals surface area contributed by atoms with E-state index in [2.05, 4.69) is 15.4 Å². The minimum Gasteiger partial charge on any atom is -0.481 e.